The first-order valence-electron chi connectivity index (χ1n) is 23.0. The van der Waals surface area contributed by atoms with Gasteiger partial charge in [0.15, 0.2) is 30.7 Å². The molecule has 12 nitrogen and oxygen atoms in total. The van der Waals surface area contributed by atoms with Crippen molar-refractivity contribution < 1.29 is 59.4 Å². The van der Waals surface area contributed by atoms with E-state index in [1.807, 2.05) is 0 Å². The molecule has 0 unspecified atom stereocenters. The molecule has 0 atom stereocenters. The van der Waals surface area contributed by atoms with Gasteiger partial charge >= 0.3 is 0 Å². The average molecular weight is 1270 g/mol. The summed E-state index contributed by atoms with van der Waals surface area (Å²) in [7, 11) is 0. The molecule has 0 fully saturated rings. The Balaban J connectivity index is 1.77. The predicted molar refractivity (Wildman–Crippen MR) is 340 cm³/mol. The van der Waals surface area contributed by atoms with Crippen LogP contribution in [0.3, 0.4) is 0 Å². The first-order chi connectivity index (χ1) is 37.0. The van der Waals surface area contributed by atoms with Gasteiger partial charge in [-0.2, -0.15) is 0 Å². The highest BCUT2D eigenvalue weighted by atomic mass is 32.2. The van der Waals surface area contributed by atoms with Crippen molar-refractivity contribution in [3.63, 3.8) is 0 Å². The topological polar surface area (TPSA) is 224 Å². The van der Waals surface area contributed by atoms with Gasteiger partial charge < -0.3 is 30.6 Å². The van der Waals surface area contributed by atoms with Gasteiger partial charge in [-0.25, -0.2) is 0 Å². The van der Waals surface area contributed by atoms with Crippen LogP contribution in [-0.2, 0) is 63.3 Å². The average Bonchev–Trinajstić information content (AvgIpc) is 3.49. The van der Waals surface area contributed by atoms with E-state index in [9.17, 15) is 59.4 Å². The number of benzene rings is 6. The Morgan fingerprint density at radius 1 is 0.256 bits per heavy atom. The van der Waals surface area contributed by atoms with Crippen LogP contribution in [0.15, 0.2) is 72.8 Å². The first-order valence-corrected chi connectivity index (χ1v) is 33.8. The molecule has 78 heavy (non-hydrogen) atoms. The molecule has 0 aliphatic heterocycles. The number of hydrogen-bond donors (Lipinski definition) is 6. The molecule has 0 amide bonds. The van der Waals surface area contributed by atoms with Crippen LogP contribution < -0.4 is 0 Å². The number of thioether (sulfide) groups is 6. The molecule has 6 aromatic carbocycles. The molecule has 0 aliphatic carbocycles. The first kappa shape index (κ1) is 61.2. The molecule has 7 rings (SSSR count). The zero-order valence-electron chi connectivity index (χ0n) is 42.2. The van der Waals surface area contributed by atoms with Gasteiger partial charge in [0, 0.05) is 76.1 Å². The number of hydrogen-bond acceptors (Lipinski definition) is 24. The lowest BCUT2D eigenvalue weighted by Gasteiger charge is -2.08. The lowest BCUT2D eigenvalue weighted by molar-refractivity contribution is -0.109. The van der Waals surface area contributed by atoms with E-state index in [0.29, 0.717) is 33.4 Å². The van der Waals surface area contributed by atoms with E-state index in [4.69, 9.17) is 0 Å². The van der Waals surface area contributed by atoms with Crippen LogP contribution in [-0.4, -0.2) is 61.3 Å². The number of phenolic OH excluding ortho intramolecular Hbond substituents is 6. The maximum atomic E-state index is 12.3. The van der Waals surface area contributed by atoms with Gasteiger partial charge in [0.25, 0.3) is 0 Å². The van der Waals surface area contributed by atoms with Crippen LogP contribution in [0.25, 0.3) is 56.4 Å². The number of carbonyl (C=O) groups excluding carboxylic acids is 6. The van der Waals surface area contributed by atoms with Crippen molar-refractivity contribution in [3.05, 3.63) is 106 Å². The van der Waals surface area contributed by atoms with E-state index in [0.717, 1.165) is 139 Å². The number of phenols is 6. The molecule has 7 aromatic rings. The van der Waals surface area contributed by atoms with Crippen molar-refractivity contribution in [2.45, 2.75) is 76.1 Å². The quantitative estimate of drug-likeness (QED) is 0.0669. The lowest BCUT2D eigenvalue weighted by atomic mass is 10.2. The van der Waals surface area contributed by atoms with Crippen molar-refractivity contribution in [1.29, 1.82) is 0 Å². The Kier molecular flexibility index (Phi) is 21.8. The zero-order valence-corrected chi connectivity index (χ0v) is 52.0. The van der Waals surface area contributed by atoms with E-state index in [-0.39, 0.29) is 156 Å². The van der Waals surface area contributed by atoms with Gasteiger partial charge in [0.2, 0.25) is 0 Å². The third kappa shape index (κ3) is 16.8. The summed E-state index contributed by atoms with van der Waals surface area (Å²) in [5.41, 5.74) is 3.75. The van der Waals surface area contributed by atoms with Crippen molar-refractivity contribution in [3.8, 4) is 34.5 Å². The van der Waals surface area contributed by atoms with Crippen molar-refractivity contribution in [2.75, 3.05) is 0 Å². The molecule has 0 radical (unpaired) electrons. The molecule has 0 spiro atoms. The minimum absolute atomic E-state index is 0.150. The lowest BCUT2D eigenvalue weighted by Crippen LogP contribution is -1.87. The summed E-state index contributed by atoms with van der Waals surface area (Å²) in [4.78, 5) is 73.9. The van der Waals surface area contributed by atoms with Crippen LogP contribution in [0.2, 0.25) is 0 Å². The Labute approximate surface area is 497 Å². The third-order valence-corrected chi connectivity index (χ3v) is 22.2. The largest absolute Gasteiger partial charge is 0.505 e. The normalized spacial score (nSPS) is 11.2. The second-order valence-electron chi connectivity index (χ2n) is 16.9. The van der Waals surface area contributed by atoms with Crippen LogP contribution in [0.5, 0.6) is 34.5 Å². The molecule has 408 valence electrons. The smallest absolute Gasteiger partial charge is 0.186 e. The highest BCUT2D eigenvalue weighted by Crippen LogP contribution is 2.46. The molecule has 1 heterocycles. The second kappa shape index (κ2) is 27.8. The molecular formula is C54H48O12S12. The van der Waals surface area contributed by atoms with Gasteiger partial charge in [-0.1, -0.05) is 70.6 Å². The fourth-order valence-corrected chi connectivity index (χ4v) is 17.1. The molecule has 6 N–H and O–H groups in total. The predicted octanol–water partition coefficient (Wildman–Crippen LogP) is 16.9. The second-order valence-corrected chi connectivity index (χ2v) is 30.4. The molecular weight excluding hydrogens is 1230 g/mol. The van der Waals surface area contributed by atoms with Crippen molar-refractivity contribution >= 4 is 226 Å². The summed E-state index contributed by atoms with van der Waals surface area (Å²) in [5, 5.41) is 72.6. The van der Waals surface area contributed by atoms with E-state index >= 15 is 0 Å². The molecule has 0 aliphatic rings. The van der Waals surface area contributed by atoms with Gasteiger partial charge in [-0.05, 0) is 106 Å². The molecule has 0 saturated heterocycles. The number of rotatable bonds is 12. The van der Waals surface area contributed by atoms with E-state index < -0.39 is 0 Å². The Hall–Kier alpha value is -4.44. The van der Waals surface area contributed by atoms with Gasteiger partial charge in [0.05, 0.1) is 56.4 Å². The molecule has 1 aromatic heterocycles. The summed E-state index contributed by atoms with van der Waals surface area (Å²) in [6, 6.07) is 20.4. The number of carbonyl (C=O) groups is 6. The standard InChI is InChI=1S/C54H48O12S12/c1-25(55)67-19-31-7-37-49(61)38(8-31)74-40-10-33(21-69-27(3)57)12-42(51(40)63)76-44-14-35(23-71-29(5)59)16-46(53(44)65)78-48-18-36(24-72-30(6)60)17-47(54(48)66)77-45-15-34(22-70-28(4)58)13-43(52(45)64)75-41-11-32(20-68-26(2)56)9-39(73-37)50(41)62/h7-18,61-66H,19-24H2,1-6H3. The Morgan fingerprint density at radius 3 is 0.449 bits per heavy atom. The zero-order chi connectivity index (χ0) is 56.5. The van der Waals surface area contributed by atoms with Gasteiger partial charge in [-0.3, -0.25) is 28.8 Å². The SMILES string of the molecule is CC(=O)SCc1cc2sc3cc(CSC(C)=O)cc(sc4cc(CSC(C)=O)cc(sc5cc(CSC(C)=O)cc(sc6cc(CSC(C)=O)cc(sc7cc(CSC(C)=O)cc(sc(c1)c2O)c7O)c6O)c5O)c4O)c3O. The highest BCUT2D eigenvalue weighted by Gasteiger charge is 2.16. The minimum atomic E-state index is -0.218. The number of aromatic hydroxyl groups is 6. The monoisotopic (exact) mass is 1270 g/mol. The van der Waals surface area contributed by atoms with Crippen molar-refractivity contribution in [2.24, 2.45) is 0 Å². The molecule has 24 heteroatoms. The third-order valence-electron chi connectivity index (χ3n) is 10.6. The van der Waals surface area contributed by atoms with Crippen LogP contribution in [0, 0.1) is 0 Å². The number of fused-ring (bicyclic) bond motifs is 12. The van der Waals surface area contributed by atoms with Crippen LogP contribution in [0.4, 0.5) is 0 Å². The van der Waals surface area contributed by atoms with Gasteiger partial charge in [-0.15, -0.1) is 68.0 Å². The Morgan fingerprint density at radius 2 is 0.359 bits per heavy atom. The summed E-state index contributed by atoms with van der Waals surface area (Å²) >= 11 is 12.5. The molecule has 12 bridgehead atoms. The fourth-order valence-electron chi connectivity index (χ4n) is 7.07. The van der Waals surface area contributed by atoms with Crippen LogP contribution >= 0.6 is 139 Å². The van der Waals surface area contributed by atoms with Crippen LogP contribution in [0.1, 0.15) is 74.9 Å². The van der Waals surface area contributed by atoms with Gasteiger partial charge in [0.1, 0.15) is 34.5 Å². The van der Waals surface area contributed by atoms with Crippen molar-refractivity contribution in [1.82, 2.24) is 0 Å². The maximum Gasteiger partial charge on any atom is 0.186 e. The van der Waals surface area contributed by atoms with E-state index in [1.54, 1.807) is 72.8 Å². The summed E-state index contributed by atoms with van der Waals surface area (Å²) in [6.45, 7) is 8.64. The maximum absolute atomic E-state index is 12.3. The highest BCUT2D eigenvalue weighted by molar-refractivity contribution is 8.14. The van der Waals surface area contributed by atoms with E-state index in [1.165, 1.54) is 41.5 Å². The Bertz CT molecular complexity index is 3080. The summed E-state index contributed by atoms with van der Waals surface area (Å²) < 4.78 is 3.30. The summed E-state index contributed by atoms with van der Waals surface area (Å²) in [6.07, 6.45) is 0. The minimum Gasteiger partial charge on any atom is -0.505 e. The summed E-state index contributed by atoms with van der Waals surface area (Å²) in [5.74, 6) is -0.0731. The molecule has 0 saturated carbocycles. The van der Waals surface area contributed by atoms with E-state index in [2.05, 4.69) is 0 Å². The fraction of sp³-hybridized carbons (Fsp3) is 0.222.